The highest BCUT2D eigenvalue weighted by Gasteiger charge is 2.14. The van der Waals surface area contributed by atoms with E-state index in [1.54, 1.807) is 66.6 Å². The van der Waals surface area contributed by atoms with E-state index in [2.05, 4.69) is 16.3 Å². The quantitative estimate of drug-likeness (QED) is 0.691. The number of hydrogen-bond donors (Lipinski definition) is 0. The van der Waals surface area contributed by atoms with Crippen molar-refractivity contribution >= 4 is 5.97 Å². The predicted molar refractivity (Wildman–Crippen MR) is 86.3 cm³/mol. The molecule has 0 unspecified atom stereocenters. The minimum atomic E-state index is -0.441. The van der Waals surface area contributed by atoms with Crippen LogP contribution in [0.25, 0.3) is 5.69 Å². The summed E-state index contributed by atoms with van der Waals surface area (Å²) in [5.74, 6) is -0.417. The third-order valence-corrected chi connectivity index (χ3v) is 3.59. The van der Waals surface area contributed by atoms with E-state index in [-0.39, 0.29) is 0 Å². The summed E-state index contributed by atoms with van der Waals surface area (Å²) in [5.41, 5.74) is 2.62. The molecule has 1 atom stereocenters. The maximum Gasteiger partial charge on any atom is 0.338 e. The number of rotatable bonds is 4. The molecule has 118 valence electrons. The second-order valence-corrected chi connectivity index (χ2v) is 5.20. The number of hydrogen-bond acceptors (Lipinski definition) is 5. The van der Waals surface area contributed by atoms with Crippen molar-refractivity contribution in [3.8, 4) is 11.8 Å². The van der Waals surface area contributed by atoms with Crippen molar-refractivity contribution in [3.63, 3.8) is 0 Å². The van der Waals surface area contributed by atoms with Crippen molar-refractivity contribution in [2.75, 3.05) is 0 Å². The number of nitrogens with zero attached hydrogens (tertiary/aromatic N) is 4. The molecule has 6 nitrogen and oxygen atoms in total. The number of carbonyl (C=O) groups is 1. The van der Waals surface area contributed by atoms with E-state index in [1.807, 2.05) is 6.07 Å². The first-order valence-corrected chi connectivity index (χ1v) is 7.33. The molecule has 0 radical (unpaired) electrons. The molecule has 3 rings (SSSR count). The summed E-state index contributed by atoms with van der Waals surface area (Å²) >= 11 is 0. The number of ether oxygens (including phenoxy) is 1. The number of carbonyl (C=O) groups excluding carboxylic acids is 1. The molecule has 0 spiro atoms. The Morgan fingerprint density at radius 1 is 1.17 bits per heavy atom. The zero-order chi connectivity index (χ0) is 16.9. The molecule has 2 aromatic carbocycles. The van der Waals surface area contributed by atoms with Gasteiger partial charge in [0, 0.05) is 5.69 Å². The van der Waals surface area contributed by atoms with Crippen LogP contribution in [0.15, 0.2) is 61.2 Å². The molecule has 0 aliphatic carbocycles. The van der Waals surface area contributed by atoms with Crippen LogP contribution in [0.2, 0.25) is 0 Å². The zero-order valence-electron chi connectivity index (χ0n) is 13.0. The molecule has 0 saturated heterocycles. The monoisotopic (exact) mass is 318 g/mol. The summed E-state index contributed by atoms with van der Waals surface area (Å²) in [6.45, 7) is 1.78. The molecule has 1 heterocycles. The maximum atomic E-state index is 12.3. The van der Waals surface area contributed by atoms with Crippen molar-refractivity contribution in [2.24, 2.45) is 0 Å². The van der Waals surface area contributed by atoms with Crippen LogP contribution in [0.4, 0.5) is 0 Å². The van der Waals surface area contributed by atoms with E-state index in [0.717, 1.165) is 11.3 Å². The highest BCUT2D eigenvalue weighted by molar-refractivity contribution is 5.89. The van der Waals surface area contributed by atoms with Gasteiger partial charge in [-0.1, -0.05) is 12.1 Å². The molecule has 6 heteroatoms. The molecule has 24 heavy (non-hydrogen) atoms. The van der Waals surface area contributed by atoms with Crippen LogP contribution in [0.3, 0.4) is 0 Å². The number of nitriles is 1. The molecule has 0 bridgehead atoms. The Morgan fingerprint density at radius 2 is 1.88 bits per heavy atom. The topological polar surface area (TPSA) is 80.8 Å². The van der Waals surface area contributed by atoms with E-state index in [9.17, 15) is 4.79 Å². The van der Waals surface area contributed by atoms with Gasteiger partial charge in [-0.3, -0.25) is 4.57 Å². The van der Waals surface area contributed by atoms with Gasteiger partial charge in [0.25, 0.3) is 0 Å². The SMILES string of the molecule is C[C@H](OC(=O)c1ccc(-n2cnnc2)cc1)c1cccc(C#N)c1. The van der Waals surface area contributed by atoms with Gasteiger partial charge in [-0.2, -0.15) is 5.26 Å². The summed E-state index contributed by atoms with van der Waals surface area (Å²) in [7, 11) is 0. The van der Waals surface area contributed by atoms with Crippen LogP contribution in [0, 0.1) is 11.3 Å². The first kappa shape index (κ1) is 15.4. The van der Waals surface area contributed by atoms with Gasteiger partial charge in [0.2, 0.25) is 0 Å². The molecule has 0 amide bonds. The van der Waals surface area contributed by atoms with Gasteiger partial charge in [-0.15, -0.1) is 10.2 Å². The lowest BCUT2D eigenvalue weighted by Crippen LogP contribution is -2.09. The van der Waals surface area contributed by atoms with E-state index in [0.29, 0.717) is 11.1 Å². The van der Waals surface area contributed by atoms with Crippen molar-refractivity contribution in [2.45, 2.75) is 13.0 Å². The van der Waals surface area contributed by atoms with E-state index >= 15 is 0 Å². The van der Waals surface area contributed by atoms with Crippen LogP contribution in [0.5, 0.6) is 0 Å². The third-order valence-electron chi connectivity index (χ3n) is 3.59. The summed E-state index contributed by atoms with van der Waals surface area (Å²) in [6.07, 6.45) is 2.72. The fourth-order valence-corrected chi connectivity index (χ4v) is 2.26. The molecule has 0 aliphatic rings. The fourth-order valence-electron chi connectivity index (χ4n) is 2.26. The van der Waals surface area contributed by atoms with Gasteiger partial charge in [0.15, 0.2) is 0 Å². The Morgan fingerprint density at radius 3 is 2.54 bits per heavy atom. The van der Waals surface area contributed by atoms with Crippen LogP contribution < -0.4 is 0 Å². The minimum Gasteiger partial charge on any atom is -0.454 e. The van der Waals surface area contributed by atoms with Crippen molar-refractivity contribution < 1.29 is 9.53 Å². The zero-order valence-corrected chi connectivity index (χ0v) is 13.0. The number of benzene rings is 2. The lowest BCUT2D eigenvalue weighted by molar-refractivity contribution is 0.0338. The molecule has 0 N–H and O–H groups in total. The standard InChI is InChI=1S/C18H14N4O2/c1-13(16-4-2-3-14(9-16)10-19)24-18(23)15-5-7-17(8-6-15)22-11-20-21-12-22/h2-9,11-13H,1H3/t13-/m0/s1. The van der Waals surface area contributed by atoms with Gasteiger partial charge >= 0.3 is 5.97 Å². The van der Waals surface area contributed by atoms with Gasteiger partial charge in [0.1, 0.15) is 18.8 Å². The summed E-state index contributed by atoms with van der Waals surface area (Å²) in [5, 5.41) is 16.4. The number of esters is 1. The number of aromatic nitrogens is 3. The van der Waals surface area contributed by atoms with Gasteiger partial charge < -0.3 is 4.74 Å². The molecular weight excluding hydrogens is 304 g/mol. The first-order valence-electron chi connectivity index (χ1n) is 7.33. The average molecular weight is 318 g/mol. The van der Waals surface area contributed by atoms with Gasteiger partial charge in [-0.05, 0) is 48.9 Å². The van der Waals surface area contributed by atoms with Gasteiger partial charge in [0.05, 0.1) is 17.2 Å². The summed E-state index contributed by atoms with van der Waals surface area (Å²) < 4.78 is 7.21. The molecule has 0 fully saturated rings. The van der Waals surface area contributed by atoms with Crippen LogP contribution in [0.1, 0.15) is 34.5 Å². The summed E-state index contributed by atoms with van der Waals surface area (Å²) in [4.78, 5) is 12.3. The minimum absolute atomic E-state index is 0.417. The van der Waals surface area contributed by atoms with Crippen LogP contribution in [-0.4, -0.2) is 20.7 Å². The Hall–Kier alpha value is -3.46. The predicted octanol–water partition coefficient (Wildman–Crippen LogP) is 3.06. The largest absolute Gasteiger partial charge is 0.454 e. The van der Waals surface area contributed by atoms with E-state index in [4.69, 9.17) is 10.00 Å². The maximum absolute atomic E-state index is 12.3. The Kier molecular flexibility index (Phi) is 4.34. The Balaban J connectivity index is 1.71. The average Bonchev–Trinajstić information content (AvgIpc) is 3.16. The lowest BCUT2D eigenvalue weighted by Gasteiger charge is -2.14. The highest BCUT2D eigenvalue weighted by Crippen LogP contribution is 2.20. The summed E-state index contributed by atoms with van der Waals surface area (Å²) in [6, 6.07) is 16.1. The molecular formula is C18H14N4O2. The smallest absolute Gasteiger partial charge is 0.338 e. The van der Waals surface area contributed by atoms with Crippen LogP contribution in [-0.2, 0) is 4.74 Å². The molecule has 3 aromatic rings. The molecule has 1 aromatic heterocycles. The fraction of sp³-hybridized carbons (Fsp3) is 0.111. The normalized spacial score (nSPS) is 11.5. The second-order valence-electron chi connectivity index (χ2n) is 5.20. The van der Waals surface area contributed by atoms with E-state index < -0.39 is 12.1 Å². The second kappa shape index (κ2) is 6.75. The van der Waals surface area contributed by atoms with E-state index in [1.165, 1.54) is 0 Å². The van der Waals surface area contributed by atoms with Crippen molar-refractivity contribution in [3.05, 3.63) is 77.9 Å². The molecule has 0 saturated carbocycles. The van der Waals surface area contributed by atoms with Crippen molar-refractivity contribution in [1.82, 2.24) is 14.8 Å². The Labute approximate surface area is 138 Å². The van der Waals surface area contributed by atoms with Gasteiger partial charge in [-0.25, -0.2) is 4.79 Å². The lowest BCUT2D eigenvalue weighted by atomic mass is 10.1. The van der Waals surface area contributed by atoms with Crippen LogP contribution >= 0.6 is 0 Å². The van der Waals surface area contributed by atoms with Crippen molar-refractivity contribution in [1.29, 1.82) is 5.26 Å². The third kappa shape index (κ3) is 3.31. The first-order chi connectivity index (χ1) is 11.7. The highest BCUT2D eigenvalue weighted by atomic mass is 16.5. The molecule has 0 aliphatic heterocycles. The Bertz CT molecular complexity index is 880.